The SMILES string of the molecule is CCc1nc(CN(C(C)=O)C2CCN(CCc3ccccc3)C2)no1. The molecule has 0 bridgehead atoms. The standard InChI is InChI=1S/C19H26N4O2/c1-3-19-20-18(21-25-19)14-23(15(2)24)17-10-12-22(13-17)11-9-16-7-5-4-6-8-16/h4-8,17H,3,9-14H2,1-2H3. The molecule has 3 rings (SSSR count). The van der Waals surface area contributed by atoms with E-state index in [2.05, 4.69) is 39.3 Å². The zero-order valence-electron chi connectivity index (χ0n) is 15.0. The largest absolute Gasteiger partial charge is 0.339 e. The number of nitrogens with zero attached hydrogens (tertiary/aromatic N) is 4. The third-order valence-corrected chi connectivity index (χ3v) is 4.78. The van der Waals surface area contributed by atoms with Crippen LogP contribution in [0.1, 0.15) is 37.5 Å². The van der Waals surface area contributed by atoms with Crippen LogP contribution in [0.4, 0.5) is 0 Å². The lowest BCUT2D eigenvalue weighted by atomic mass is 10.1. The Morgan fingerprint density at radius 2 is 2.16 bits per heavy atom. The van der Waals surface area contributed by atoms with Crippen LogP contribution >= 0.6 is 0 Å². The highest BCUT2D eigenvalue weighted by Crippen LogP contribution is 2.18. The molecule has 1 unspecified atom stereocenters. The number of likely N-dealkylation sites (tertiary alicyclic amines) is 1. The quantitative estimate of drug-likeness (QED) is 0.772. The minimum atomic E-state index is 0.0674. The maximum Gasteiger partial charge on any atom is 0.226 e. The van der Waals surface area contributed by atoms with Gasteiger partial charge >= 0.3 is 0 Å². The minimum Gasteiger partial charge on any atom is -0.339 e. The summed E-state index contributed by atoms with van der Waals surface area (Å²) in [6, 6.07) is 10.7. The molecule has 1 amide bonds. The number of carbonyl (C=O) groups excluding carboxylic acids is 1. The molecule has 0 saturated carbocycles. The van der Waals surface area contributed by atoms with Gasteiger partial charge in [0.1, 0.15) is 0 Å². The van der Waals surface area contributed by atoms with Crippen molar-refractivity contribution in [2.75, 3.05) is 19.6 Å². The van der Waals surface area contributed by atoms with Gasteiger partial charge in [0.2, 0.25) is 11.8 Å². The second-order valence-electron chi connectivity index (χ2n) is 6.58. The van der Waals surface area contributed by atoms with Gasteiger partial charge in [0.05, 0.1) is 6.54 Å². The van der Waals surface area contributed by atoms with Crippen molar-refractivity contribution in [3.05, 3.63) is 47.6 Å². The van der Waals surface area contributed by atoms with Crippen LogP contribution in [0, 0.1) is 0 Å². The van der Waals surface area contributed by atoms with E-state index in [0.29, 0.717) is 24.7 Å². The van der Waals surface area contributed by atoms with E-state index in [4.69, 9.17) is 4.52 Å². The molecule has 1 saturated heterocycles. The molecule has 0 N–H and O–H groups in total. The van der Waals surface area contributed by atoms with Crippen molar-refractivity contribution in [3.8, 4) is 0 Å². The molecule has 2 aromatic rings. The average molecular weight is 342 g/mol. The first-order valence-corrected chi connectivity index (χ1v) is 9.00. The highest BCUT2D eigenvalue weighted by molar-refractivity contribution is 5.73. The molecule has 2 heterocycles. The van der Waals surface area contributed by atoms with E-state index < -0.39 is 0 Å². The van der Waals surface area contributed by atoms with E-state index in [1.54, 1.807) is 6.92 Å². The van der Waals surface area contributed by atoms with Gasteiger partial charge in [-0.05, 0) is 18.4 Å². The fourth-order valence-electron chi connectivity index (χ4n) is 3.35. The Hall–Kier alpha value is -2.21. The number of benzene rings is 1. The summed E-state index contributed by atoms with van der Waals surface area (Å²) in [7, 11) is 0. The van der Waals surface area contributed by atoms with Crippen LogP contribution in [-0.2, 0) is 24.2 Å². The molecule has 1 atom stereocenters. The highest BCUT2D eigenvalue weighted by atomic mass is 16.5. The molecule has 6 heteroatoms. The van der Waals surface area contributed by atoms with Gasteiger partial charge in [-0.1, -0.05) is 42.4 Å². The Labute approximate surface area is 148 Å². The predicted molar refractivity (Wildman–Crippen MR) is 94.9 cm³/mol. The third-order valence-electron chi connectivity index (χ3n) is 4.78. The molecule has 0 aliphatic carbocycles. The number of carbonyl (C=O) groups is 1. The third kappa shape index (κ3) is 4.66. The van der Waals surface area contributed by atoms with Gasteiger partial charge in [-0.3, -0.25) is 4.79 Å². The second-order valence-corrected chi connectivity index (χ2v) is 6.58. The van der Waals surface area contributed by atoms with E-state index in [1.807, 2.05) is 17.9 Å². The first-order valence-electron chi connectivity index (χ1n) is 9.00. The number of aromatic nitrogens is 2. The van der Waals surface area contributed by atoms with E-state index in [1.165, 1.54) is 5.56 Å². The predicted octanol–water partition coefficient (Wildman–Crippen LogP) is 2.30. The van der Waals surface area contributed by atoms with Crippen molar-refractivity contribution in [3.63, 3.8) is 0 Å². The molecular formula is C19H26N4O2. The molecule has 1 aliphatic heterocycles. The number of aryl methyl sites for hydroxylation is 1. The first-order chi connectivity index (χ1) is 12.2. The number of amides is 1. The number of hydrogen-bond donors (Lipinski definition) is 0. The molecule has 25 heavy (non-hydrogen) atoms. The summed E-state index contributed by atoms with van der Waals surface area (Å²) in [5.74, 6) is 1.28. The molecule has 1 fully saturated rings. The van der Waals surface area contributed by atoms with E-state index in [9.17, 15) is 4.79 Å². The van der Waals surface area contributed by atoms with Crippen molar-refractivity contribution >= 4 is 5.91 Å². The molecule has 0 spiro atoms. The van der Waals surface area contributed by atoms with Gasteiger partial charge < -0.3 is 14.3 Å². The van der Waals surface area contributed by atoms with E-state index >= 15 is 0 Å². The van der Waals surface area contributed by atoms with Crippen LogP contribution in [0.2, 0.25) is 0 Å². The molecule has 134 valence electrons. The van der Waals surface area contributed by atoms with E-state index in [0.717, 1.165) is 32.5 Å². The molecule has 1 aromatic carbocycles. The summed E-state index contributed by atoms with van der Waals surface area (Å²) < 4.78 is 5.16. The zero-order chi connectivity index (χ0) is 17.6. The lowest BCUT2D eigenvalue weighted by Gasteiger charge is -2.27. The fraction of sp³-hybridized carbons (Fsp3) is 0.526. The zero-order valence-corrected chi connectivity index (χ0v) is 15.0. The van der Waals surface area contributed by atoms with E-state index in [-0.39, 0.29) is 11.9 Å². The van der Waals surface area contributed by atoms with Gasteiger partial charge in [0.25, 0.3) is 0 Å². The minimum absolute atomic E-state index is 0.0674. The van der Waals surface area contributed by atoms with Gasteiger partial charge in [-0.2, -0.15) is 4.98 Å². The van der Waals surface area contributed by atoms with Gasteiger partial charge in [-0.25, -0.2) is 0 Å². The Bertz CT molecular complexity index is 686. The Morgan fingerprint density at radius 1 is 1.36 bits per heavy atom. The van der Waals surface area contributed by atoms with Crippen molar-refractivity contribution in [2.24, 2.45) is 0 Å². The van der Waals surface area contributed by atoms with Crippen LogP contribution in [0.25, 0.3) is 0 Å². The first kappa shape index (κ1) is 17.6. The monoisotopic (exact) mass is 342 g/mol. The van der Waals surface area contributed by atoms with Crippen LogP contribution in [-0.4, -0.2) is 51.5 Å². The van der Waals surface area contributed by atoms with Crippen molar-refractivity contribution in [1.82, 2.24) is 19.9 Å². The molecule has 1 aromatic heterocycles. The van der Waals surface area contributed by atoms with Crippen molar-refractivity contribution in [1.29, 1.82) is 0 Å². The van der Waals surface area contributed by atoms with Gasteiger partial charge in [-0.15, -0.1) is 0 Å². The Kier molecular flexibility index (Phi) is 5.81. The molecule has 1 aliphatic rings. The molecular weight excluding hydrogens is 316 g/mol. The van der Waals surface area contributed by atoms with Gasteiger partial charge in [0.15, 0.2) is 5.82 Å². The smallest absolute Gasteiger partial charge is 0.226 e. The van der Waals surface area contributed by atoms with Crippen LogP contribution < -0.4 is 0 Å². The molecule has 0 radical (unpaired) electrons. The topological polar surface area (TPSA) is 62.5 Å². The summed E-state index contributed by atoms with van der Waals surface area (Å²) in [6.07, 6.45) is 2.74. The van der Waals surface area contributed by atoms with Gasteiger partial charge in [0, 0.05) is 39.0 Å². The summed E-state index contributed by atoms with van der Waals surface area (Å²) in [5.41, 5.74) is 1.35. The normalized spacial score (nSPS) is 17.8. The summed E-state index contributed by atoms with van der Waals surface area (Å²) in [4.78, 5) is 20.8. The maximum absolute atomic E-state index is 12.1. The number of rotatable bonds is 7. The highest BCUT2D eigenvalue weighted by Gasteiger charge is 2.30. The lowest BCUT2D eigenvalue weighted by molar-refractivity contribution is -0.131. The summed E-state index contributed by atoms with van der Waals surface area (Å²) >= 11 is 0. The number of hydrogen-bond acceptors (Lipinski definition) is 5. The van der Waals surface area contributed by atoms with Crippen LogP contribution in [0.3, 0.4) is 0 Å². The van der Waals surface area contributed by atoms with Crippen molar-refractivity contribution < 1.29 is 9.32 Å². The fourth-order valence-corrected chi connectivity index (χ4v) is 3.35. The van der Waals surface area contributed by atoms with Crippen LogP contribution in [0.15, 0.2) is 34.9 Å². The summed E-state index contributed by atoms with van der Waals surface area (Å²) in [6.45, 7) is 6.97. The summed E-state index contributed by atoms with van der Waals surface area (Å²) in [5, 5.41) is 3.98. The lowest BCUT2D eigenvalue weighted by Crippen LogP contribution is -2.40. The van der Waals surface area contributed by atoms with Crippen molar-refractivity contribution in [2.45, 2.75) is 45.7 Å². The maximum atomic E-state index is 12.1. The Balaban J connectivity index is 1.55. The second kappa shape index (κ2) is 8.25. The molecule has 6 nitrogen and oxygen atoms in total. The van der Waals surface area contributed by atoms with Crippen LogP contribution in [0.5, 0.6) is 0 Å². The Morgan fingerprint density at radius 3 is 2.84 bits per heavy atom. The average Bonchev–Trinajstić information content (AvgIpc) is 3.27.